The minimum Gasteiger partial charge on any atom is -0.488 e. The standard InChI is InChI=1S/C21H27N5O/c22-18(14-19(21(23)24)26-12-10-25-11-13-26)17-8-4-5-9-20(17)27-15-16-6-2-1-3-7-16/h1-9,14,25H,10-13,15,22-24H2/b18-14-. The Morgan fingerprint density at radius 1 is 0.963 bits per heavy atom. The third kappa shape index (κ3) is 4.95. The normalized spacial score (nSPS) is 14.7. The second-order valence-electron chi connectivity index (χ2n) is 6.45. The van der Waals surface area contributed by atoms with Gasteiger partial charge in [0.2, 0.25) is 0 Å². The number of para-hydroxylation sites is 1. The van der Waals surface area contributed by atoms with Crippen LogP contribution in [-0.4, -0.2) is 31.1 Å². The molecule has 0 aliphatic carbocycles. The maximum absolute atomic E-state index is 6.40. The molecule has 0 spiro atoms. The monoisotopic (exact) mass is 365 g/mol. The molecule has 0 unspecified atom stereocenters. The summed E-state index contributed by atoms with van der Waals surface area (Å²) in [7, 11) is 0. The maximum Gasteiger partial charge on any atom is 0.129 e. The molecule has 7 N–H and O–H groups in total. The Kier molecular flexibility index (Phi) is 6.22. The molecular formula is C21H27N5O. The molecule has 6 nitrogen and oxygen atoms in total. The molecule has 0 aromatic heterocycles. The number of nitrogens with zero attached hydrogens (tertiary/aromatic N) is 1. The Balaban J connectivity index is 1.82. The van der Waals surface area contributed by atoms with Gasteiger partial charge >= 0.3 is 0 Å². The van der Waals surface area contributed by atoms with Gasteiger partial charge in [0.25, 0.3) is 0 Å². The summed E-state index contributed by atoms with van der Waals surface area (Å²) in [5.74, 6) is 0.993. The van der Waals surface area contributed by atoms with Crippen LogP contribution in [0.5, 0.6) is 5.75 Å². The van der Waals surface area contributed by atoms with Crippen LogP contribution in [0.15, 0.2) is 72.2 Å². The lowest BCUT2D eigenvalue weighted by molar-refractivity contribution is 0.303. The average Bonchev–Trinajstić information content (AvgIpc) is 2.71. The van der Waals surface area contributed by atoms with E-state index >= 15 is 0 Å². The minimum atomic E-state index is 0.266. The quantitative estimate of drug-likeness (QED) is 0.580. The molecule has 142 valence electrons. The van der Waals surface area contributed by atoms with Crippen molar-refractivity contribution in [2.45, 2.75) is 6.61 Å². The smallest absolute Gasteiger partial charge is 0.129 e. The molecule has 6 heteroatoms. The van der Waals surface area contributed by atoms with E-state index in [9.17, 15) is 0 Å². The number of hydrogen-bond donors (Lipinski definition) is 4. The summed E-state index contributed by atoms with van der Waals surface area (Å²) in [4.78, 5) is 2.14. The zero-order valence-corrected chi connectivity index (χ0v) is 15.4. The van der Waals surface area contributed by atoms with Crippen LogP contribution in [-0.2, 0) is 6.61 Å². The third-order valence-corrected chi connectivity index (χ3v) is 4.48. The van der Waals surface area contributed by atoms with Crippen molar-refractivity contribution in [1.29, 1.82) is 0 Å². The summed E-state index contributed by atoms with van der Waals surface area (Å²) in [6.07, 6.45) is 1.84. The highest BCUT2D eigenvalue weighted by atomic mass is 16.5. The molecular weight excluding hydrogens is 338 g/mol. The Morgan fingerprint density at radius 2 is 1.63 bits per heavy atom. The van der Waals surface area contributed by atoms with Crippen LogP contribution in [0.2, 0.25) is 0 Å². The fourth-order valence-corrected chi connectivity index (χ4v) is 3.05. The van der Waals surface area contributed by atoms with Crippen molar-refractivity contribution in [3.63, 3.8) is 0 Å². The van der Waals surface area contributed by atoms with Gasteiger partial charge in [0.1, 0.15) is 18.2 Å². The summed E-state index contributed by atoms with van der Waals surface area (Å²) in [6.45, 7) is 3.93. The second-order valence-corrected chi connectivity index (χ2v) is 6.45. The molecule has 1 heterocycles. The van der Waals surface area contributed by atoms with Crippen molar-refractivity contribution in [2.24, 2.45) is 17.2 Å². The van der Waals surface area contributed by atoms with E-state index in [1.807, 2.05) is 60.7 Å². The van der Waals surface area contributed by atoms with E-state index in [0.717, 1.165) is 48.8 Å². The van der Waals surface area contributed by atoms with Gasteiger partial charge in [-0.15, -0.1) is 0 Å². The van der Waals surface area contributed by atoms with Crippen LogP contribution < -0.4 is 27.3 Å². The van der Waals surface area contributed by atoms with Gasteiger partial charge < -0.3 is 32.2 Å². The Morgan fingerprint density at radius 3 is 2.33 bits per heavy atom. The molecule has 0 amide bonds. The van der Waals surface area contributed by atoms with Crippen LogP contribution >= 0.6 is 0 Å². The van der Waals surface area contributed by atoms with Crippen molar-refractivity contribution >= 4 is 5.70 Å². The van der Waals surface area contributed by atoms with E-state index in [1.165, 1.54) is 0 Å². The number of nitrogens with two attached hydrogens (primary N) is 3. The molecule has 1 fully saturated rings. The fourth-order valence-electron chi connectivity index (χ4n) is 3.05. The Hall–Kier alpha value is -3.12. The van der Waals surface area contributed by atoms with Crippen molar-refractivity contribution in [3.8, 4) is 5.75 Å². The van der Waals surface area contributed by atoms with Crippen molar-refractivity contribution in [2.75, 3.05) is 26.2 Å². The lowest BCUT2D eigenvalue weighted by Gasteiger charge is -2.31. The summed E-state index contributed by atoms with van der Waals surface area (Å²) >= 11 is 0. The zero-order chi connectivity index (χ0) is 19.1. The Bertz CT molecular complexity index is 806. The molecule has 2 aromatic rings. The predicted molar refractivity (Wildman–Crippen MR) is 109 cm³/mol. The third-order valence-electron chi connectivity index (χ3n) is 4.48. The zero-order valence-electron chi connectivity index (χ0n) is 15.4. The van der Waals surface area contributed by atoms with E-state index in [-0.39, 0.29) is 5.82 Å². The number of allylic oxidation sites excluding steroid dienone is 1. The van der Waals surface area contributed by atoms with Crippen LogP contribution in [0.3, 0.4) is 0 Å². The number of hydrogen-bond acceptors (Lipinski definition) is 6. The molecule has 3 rings (SSSR count). The largest absolute Gasteiger partial charge is 0.488 e. The van der Waals surface area contributed by atoms with E-state index < -0.39 is 0 Å². The van der Waals surface area contributed by atoms with E-state index in [1.54, 1.807) is 0 Å². The van der Waals surface area contributed by atoms with E-state index in [2.05, 4.69) is 10.2 Å². The molecule has 0 bridgehead atoms. The lowest BCUT2D eigenvalue weighted by Crippen LogP contribution is -2.43. The van der Waals surface area contributed by atoms with Gasteiger partial charge in [-0.05, 0) is 23.8 Å². The molecule has 0 atom stereocenters. The van der Waals surface area contributed by atoms with Crippen LogP contribution in [0.25, 0.3) is 5.70 Å². The van der Waals surface area contributed by atoms with Crippen molar-refractivity contribution in [3.05, 3.63) is 83.3 Å². The Labute approximate surface area is 160 Å². The lowest BCUT2D eigenvalue weighted by atomic mass is 10.1. The average molecular weight is 365 g/mol. The predicted octanol–water partition coefficient (Wildman–Crippen LogP) is 1.56. The summed E-state index contributed by atoms with van der Waals surface area (Å²) < 4.78 is 6.01. The van der Waals surface area contributed by atoms with Gasteiger partial charge in [-0.2, -0.15) is 0 Å². The number of piperazine rings is 1. The minimum absolute atomic E-state index is 0.266. The number of benzene rings is 2. The first-order chi connectivity index (χ1) is 13.1. The number of ether oxygens (including phenoxy) is 1. The van der Waals surface area contributed by atoms with Crippen molar-refractivity contribution < 1.29 is 4.74 Å². The SMILES string of the molecule is NC(N)=C(/C=C(\N)c1ccccc1OCc1ccccc1)N1CCNCC1. The van der Waals surface area contributed by atoms with Gasteiger partial charge in [0.15, 0.2) is 0 Å². The molecule has 1 saturated heterocycles. The number of rotatable bonds is 6. The molecule has 1 aliphatic rings. The summed E-state index contributed by atoms with van der Waals surface area (Å²) in [6, 6.07) is 17.8. The van der Waals surface area contributed by atoms with Gasteiger partial charge in [0.05, 0.1) is 5.70 Å². The fraction of sp³-hybridized carbons (Fsp3) is 0.238. The van der Waals surface area contributed by atoms with E-state index in [4.69, 9.17) is 21.9 Å². The van der Waals surface area contributed by atoms with Gasteiger partial charge in [-0.25, -0.2) is 0 Å². The van der Waals surface area contributed by atoms with Gasteiger partial charge in [-0.1, -0.05) is 42.5 Å². The first-order valence-corrected chi connectivity index (χ1v) is 9.09. The molecule has 27 heavy (non-hydrogen) atoms. The molecule has 2 aromatic carbocycles. The highest BCUT2D eigenvalue weighted by Crippen LogP contribution is 2.25. The highest BCUT2D eigenvalue weighted by molar-refractivity contribution is 5.70. The van der Waals surface area contributed by atoms with E-state index in [0.29, 0.717) is 12.3 Å². The van der Waals surface area contributed by atoms with Gasteiger partial charge in [-0.3, -0.25) is 0 Å². The van der Waals surface area contributed by atoms with Crippen LogP contribution in [0.1, 0.15) is 11.1 Å². The molecule has 0 saturated carbocycles. The highest BCUT2D eigenvalue weighted by Gasteiger charge is 2.15. The summed E-state index contributed by atoms with van der Waals surface area (Å²) in [5.41, 5.74) is 21.5. The number of nitrogens with one attached hydrogen (secondary N) is 1. The molecule has 1 aliphatic heterocycles. The summed E-state index contributed by atoms with van der Waals surface area (Å²) in [5, 5.41) is 3.32. The van der Waals surface area contributed by atoms with Crippen molar-refractivity contribution in [1.82, 2.24) is 10.2 Å². The van der Waals surface area contributed by atoms with Gasteiger partial charge in [0, 0.05) is 37.4 Å². The second kappa shape index (κ2) is 9.00. The topological polar surface area (TPSA) is 103 Å². The maximum atomic E-state index is 6.40. The van der Waals surface area contributed by atoms with Crippen LogP contribution in [0.4, 0.5) is 0 Å². The molecule has 0 radical (unpaired) electrons. The first-order valence-electron chi connectivity index (χ1n) is 9.09. The first kappa shape index (κ1) is 18.7. The van der Waals surface area contributed by atoms with Crippen LogP contribution in [0, 0.1) is 0 Å².